The molecule has 0 aliphatic heterocycles. The van der Waals surface area contributed by atoms with Gasteiger partial charge in [-0.1, -0.05) is 18.9 Å². The Bertz CT molecular complexity index is 449. The van der Waals surface area contributed by atoms with Crippen LogP contribution in [-0.2, 0) is 0 Å². The van der Waals surface area contributed by atoms with Crippen LogP contribution in [0.4, 0.5) is 5.69 Å². The molecule has 4 nitrogen and oxygen atoms in total. The summed E-state index contributed by atoms with van der Waals surface area (Å²) in [5.74, 6) is 2.62. The molecule has 0 saturated carbocycles. The Labute approximate surface area is 101 Å². The van der Waals surface area contributed by atoms with E-state index in [1.807, 2.05) is 6.92 Å². The van der Waals surface area contributed by atoms with Crippen molar-refractivity contribution in [1.29, 1.82) is 0 Å². The Morgan fingerprint density at radius 1 is 1.65 bits per heavy atom. The third kappa shape index (κ3) is 2.91. The zero-order valence-electron chi connectivity index (χ0n) is 9.99. The number of hydrogen-bond donors (Lipinski definition) is 2. The third-order valence-corrected chi connectivity index (χ3v) is 2.42. The Morgan fingerprint density at radius 3 is 2.88 bits per heavy atom. The summed E-state index contributed by atoms with van der Waals surface area (Å²) in [5.41, 5.74) is 6.46. The molecule has 1 atom stereocenters. The molecule has 4 heteroatoms. The molecular weight excluding hydrogens is 216 g/mol. The van der Waals surface area contributed by atoms with E-state index in [0.29, 0.717) is 23.4 Å². The van der Waals surface area contributed by atoms with Crippen molar-refractivity contribution in [3.8, 4) is 18.1 Å². The topological polar surface area (TPSA) is 64.4 Å². The SMILES string of the molecule is C#CC(CC)NC(=O)c1c(N)cccc1OC. The fourth-order valence-corrected chi connectivity index (χ4v) is 1.45. The van der Waals surface area contributed by atoms with E-state index in [0.717, 1.165) is 0 Å². The van der Waals surface area contributed by atoms with E-state index in [1.165, 1.54) is 7.11 Å². The van der Waals surface area contributed by atoms with Gasteiger partial charge in [-0.25, -0.2) is 0 Å². The molecule has 0 heterocycles. The number of nitrogens with one attached hydrogen (secondary N) is 1. The van der Waals surface area contributed by atoms with Gasteiger partial charge in [-0.15, -0.1) is 6.42 Å². The molecule has 0 bridgehead atoms. The lowest BCUT2D eigenvalue weighted by Crippen LogP contribution is -2.33. The number of methoxy groups -OCH3 is 1. The Hall–Kier alpha value is -2.15. The molecule has 0 saturated heterocycles. The fourth-order valence-electron chi connectivity index (χ4n) is 1.45. The molecule has 1 amide bonds. The number of amides is 1. The van der Waals surface area contributed by atoms with Crippen LogP contribution in [0.15, 0.2) is 18.2 Å². The van der Waals surface area contributed by atoms with E-state index < -0.39 is 0 Å². The molecule has 0 radical (unpaired) electrons. The highest BCUT2D eigenvalue weighted by Gasteiger charge is 2.17. The number of nitrogens with two attached hydrogens (primary N) is 1. The minimum Gasteiger partial charge on any atom is -0.496 e. The molecule has 0 spiro atoms. The van der Waals surface area contributed by atoms with E-state index >= 15 is 0 Å². The molecule has 17 heavy (non-hydrogen) atoms. The molecule has 0 fully saturated rings. The first kappa shape index (κ1) is 12.9. The zero-order chi connectivity index (χ0) is 12.8. The van der Waals surface area contributed by atoms with E-state index in [1.54, 1.807) is 18.2 Å². The molecule has 90 valence electrons. The predicted molar refractivity (Wildman–Crippen MR) is 67.8 cm³/mol. The van der Waals surface area contributed by atoms with Gasteiger partial charge in [0.2, 0.25) is 0 Å². The highest BCUT2D eigenvalue weighted by atomic mass is 16.5. The van der Waals surface area contributed by atoms with Gasteiger partial charge in [-0.2, -0.15) is 0 Å². The predicted octanol–water partition coefficient (Wildman–Crippen LogP) is 1.42. The monoisotopic (exact) mass is 232 g/mol. The van der Waals surface area contributed by atoms with Crippen molar-refractivity contribution in [1.82, 2.24) is 5.32 Å². The molecule has 0 aliphatic carbocycles. The maximum Gasteiger partial charge on any atom is 0.258 e. The van der Waals surface area contributed by atoms with Gasteiger partial charge in [-0.05, 0) is 18.6 Å². The third-order valence-electron chi connectivity index (χ3n) is 2.42. The van der Waals surface area contributed by atoms with Gasteiger partial charge in [0, 0.05) is 5.69 Å². The van der Waals surface area contributed by atoms with Crippen LogP contribution in [0.1, 0.15) is 23.7 Å². The molecule has 0 aliphatic rings. The van der Waals surface area contributed by atoms with Crippen molar-refractivity contribution in [3.05, 3.63) is 23.8 Å². The van der Waals surface area contributed by atoms with Crippen LogP contribution in [0.5, 0.6) is 5.75 Å². The standard InChI is InChI=1S/C13H16N2O2/c1-4-9(5-2)15-13(16)12-10(14)7-6-8-11(12)17-3/h1,6-9H,5,14H2,2-3H3,(H,15,16). The van der Waals surface area contributed by atoms with Crippen LogP contribution in [0.3, 0.4) is 0 Å². The van der Waals surface area contributed by atoms with E-state index in [4.69, 9.17) is 16.9 Å². The molecule has 1 unspecified atom stereocenters. The largest absolute Gasteiger partial charge is 0.496 e. The molecular formula is C13H16N2O2. The molecule has 3 N–H and O–H groups in total. The summed E-state index contributed by atoms with van der Waals surface area (Å²) in [6.45, 7) is 1.90. The van der Waals surface area contributed by atoms with Crippen molar-refractivity contribution in [2.45, 2.75) is 19.4 Å². The van der Waals surface area contributed by atoms with Crippen molar-refractivity contribution >= 4 is 11.6 Å². The number of anilines is 1. The Kier molecular flexibility index (Phi) is 4.41. The van der Waals surface area contributed by atoms with Crippen LogP contribution in [0.2, 0.25) is 0 Å². The number of ether oxygens (including phenoxy) is 1. The highest BCUT2D eigenvalue weighted by molar-refractivity contribution is 6.02. The maximum atomic E-state index is 12.0. The highest BCUT2D eigenvalue weighted by Crippen LogP contribution is 2.23. The minimum absolute atomic E-state index is 0.299. The first-order chi connectivity index (χ1) is 8.13. The van der Waals surface area contributed by atoms with Crippen LogP contribution in [-0.4, -0.2) is 19.1 Å². The first-order valence-electron chi connectivity index (χ1n) is 5.33. The fraction of sp³-hybridized carbons (Fsp3) is 0.308. The van der Waals surface area contributed by atoms with Gasteiger partial charge in [0.15, 0.2) is 0 Å². The van der Waals surface area contributed by atoms with Crippen LogP contribution in [0.25, 0.3) is 0 Å². The molecule has 0 aromatic heterocycles. The Morgan fingerprint density at radius 2 is 2.35 bits per heavy atom. The maximum absolute atomic E-state index is 12.0. The smallest absolute Gasteiger partial charge is 0.258 e. The lowest BCUT2D eigenvalue weighted by Gasteiger charge is -2.14. The number of carbonyl (C=O) groups is 1. The van der Waals surface area contributed by atoms with Gasteiger partial charge >= 0.3 is 0 Å². The van der Waals surface area contributed by atoms with Crippen LogP contribution >= 0.6 is 0 Å². The van der Waals surface area contributed by atoms with Crippen molar-refractivity contribution in [3.63, 3.8) is 0 Å². The second-order valence-electron chi connectivity index (χ2n) is 3.53. The molecule has 1 aromatic rings. The number of terminal acetylenes is 1. The number of rotatable bonds is 4. The van der Waals surface area contributed by atoms with Gasteiger partial charge < -0.3 is 15.8 Å². The quantitative estimate of drug-likeness (QED) is 0.609. The summed E-state index contributed by atoms with van der Waals surface area (Å²) in [5, 5.41) is 2.71. The lowest BCUT2D eigenvalue weighted by atomic mass is 10.1. The van der Waals surface area contributed by atoms with Crippen molar-refractivity contribution in [2.75, 3.05) is 12.8 Å². The van der Waals surface area contributed by atoms with Gasteiger partial charge in [0.05, 0.1) is 13.2 Å². The second kappa shape index (κ2) is 5.80. The summed E-state index contributed by atoms with van der Waals surface area (Å²) in [4.78, 5) is 12.0. The number of nitrogen functional groups attached to an aromatic ring is 1. The average Bonchev–Trinajstić information content (AvgIpc) is 2.35. The zero-order valence-corrected chi connectivity index (χ0v) is 9.99. The summed E-state index contributed by atoms with van der Waals surface area (Å²) in [7, 11) is 1.49. The summed E-state index contributed by atoms with van der Waals surface area (Å²) >= 11 is 0. The van der Waals surface area contributed by atoms with Gasteiger partial charge in [0.25, 0.3) is 5.91 Å². The summed E-state index contributed by atoms with van der Waals surface area (Å²) in [6.07, 6.45) is 5.96. The van der Waals surface area contributed by atoms with Crippen LogP contribution < -0.4 is 15.8 Å². The summed E-state index contributed by atoms with van der Waals surface area (Å²) < 4.78 is 5.10. The number of benzene rings is 1. The van der Waals surface area contributed by atoms with Crippen molar-refractivity contribution in [2.24, 2.45) is 0 Å². The van der Waals surface area contributed by atoms with Crippen molar-refractivity contribution < 1.29 is 9.53 Å². The van der Waals surface area contributed by atoms with Crippen LogP contribution in [0, 0.1) is 12.3 Å². The van der Waals surface area contributed by atoms with Gasteiger partial charge in [0.1, 0.15) is 11.3 Å². The molecule has 1 rings (SSSR count). The average molecular weight is 232 g/mol. The second-order valence-corrected chi connectivity index (χ2v) is 3.53. The first-order valence-corrected chi connectivity index (χ1v) is 5.33. The normalized spacial score (nSPS) is 11.4. The molecule has 1 aromatic carbocycles. The van der Waals surface area contributed by atoms with E-state index in [-0.39, 0.29) is 11.9 Å². The minimum atomic E-state index is -0.315. The van der Waals surface area contributed by atoms with E-state index in [2.05, 4.69) is 11.2 Å². The number of carbonyl (C=O) groups excluding carboxylic acids is 1. The van der Waals surface area contributed by atoms with E-state index in [9.17, 15) is 4.79 Å². The number of hydrogen-bond acceptors (Lipinski definition) is 3. The lowest BCUT2D eigenvalue weighted by molar-refractivity contribution is 0.0943. The van der Waals surface area contributed by atoms with Gasteiger partial charge in [-0.3, -0.25) is 4.79 Å². The Balaban J connectivity index is 3.00. The summed E-state index contributed by atoms with van der Waals surface area (Å²) in [6, 6.07) is 4.76.